The molecule has 1 rings (SSSR count). The molecule has 0 aliphatic carbocycles. The highest BCUT2D eigenvalue weighted by molar-refractivity contribution is 7.83. The van der Waals surface area contributed by atoms with Crippen molar-refractivity contribution in [2.45, 2.75) is 45.4 Å². The molecule has 0 bridgehead atoms. The van der Waals surface area contributed by atoms with E-state index in [0.29, 0.717) is 17.3 Å². The van der Waals surface area contributed by atoms with Gasteiger partial charge in [0.05, 0.1) is 14.2 Å². The van der Waals surface area contributed by atoms with Crippen LogP contribution in [0.25, 0.3) is 6.08 Å². The second kappa shape index (κ2) is 11.2. The molecule has 0 unspecified atom stereocenters. The highest BCUT2D eigenvalue weighted by atomic mass is 32.2. The van der Waals surface area contributed by atoms with Gasteiger partial charge in [-0.05, 0) is 17.7 Å². The van der Waals surface area contributed by atoms with Crippen LogP contribution >= 0.6 is 0 Å². The van der Waals surface area contributed by atoms with Gasteiger partial charge in [0, 0.05) is 5.56 Å². The fourth-order valence-corrected chi connectivity index (χ4v) is 3.50. The molecule has 0 saturated heterocycles. The highest BCUT2D eigenvalue weighted by Crippen LogP contribution is 2.28. The summed E-state index contributed by atoms with van der Waals surface area (Å²) >= 11 is 0. The number of ether oxygens (including phenoxy) is 2. The Bertz CT molecular complexity index is 572. The van der Waals surface area contributed by atoms with E-state index in [1.807, 2.05) is 12.1 Å². The number of methoxy groups -OCH3 is 2. The summed E-state index contributed by atoms with van der Waals surface area (Å²) in [6, 6.07) is 3.72. The van der Waals surface area contributed by atoms with Crippen molar-refractivity contribution in [3.8, 4) is 11.5 Å². The van der Waals surface area contributed by atoms with Gasteiger partial charge in [0.2, 0.25) is 0 Å². The topological polar surface area (TPSA) is 35.5 Å². The molecule has 1 aromatic carbocycles. The number of hydrogen-bond acceptors (Lipinski definition) is 4. The van der Waals surface area contributed by atoms with Gasteiger partial charge >= 0.3 is 0 Å². The van der Waals surface area contributed by atoms with Gasteiger partial charge in [-0.25, -0.2) is 0 Å². The molecule has 4 heteroatoms. The lowest BCUT2D eigenvalue weighted by atomic mass is 10.1. The molecule has 130 valence electrons. The predicted octanol–water partition coefficient (Wildman–Crippen LogP) is 4.82. The maximum absolute atomic E-state index is 12.3. The van der Waals surface area contributed by atoms with E-state index < -0.39 is 10.4 Å². The van der Waals surface area contributed by atoms with Crippen molar-refractivity contribution in [1.82, 2.24) is 0 Å². The zero-order chi connectivity index (χ0) is 17.1. The third-order valence-electron chi connectivity index (χ3n) is 3.76. The molecular weight excluding hydrogens is 308 g/mol. The molecule has 0 radical (unpaired) electrons. The first-order valence-electron chi connectivity index (χ1n) is 8.26. The van der Waals surface area contributed by atoms with Gasteiger partial charge in [-0.3, -0.25) is 10.4 Å². The van der Waals surface area contributed by atoms with Crippen LogP contribution in [0, 0.1) is 0 Å². The normalized spacial score (nSPS) is 12.1. The lowest BCUT2D eigenvalue weighted by Gasteiger charge is -2.13. The Balaban J connectivity index is 2.73. The van der Waals surface area contributed by atoms with Gasteiger partial charge in [0.15, 0.2) is 0 Å². The lowest BCUT2D eigenvalue weighted by molar-refractivity contribution is 0.402. The molecule has 0 N–H and O–H groups in total. The third kappa shape index (κ3) is 6.69. The average molecular weight is 338 g/mol. The SMILES string of the molecule is C=Cc1cc(OC)c(C=[S-](=O)CCCCCCCC)cc1OC. The minimum absolute atomic E-state index is 0.692. The highest BCUT2D eigenvalue weighted by Gasteiger charge is 2.06. The van der Waals surface area contributed by atoms with Gasteiger partial charge in [-0.2, -0.15) is 0 Å². The molecule has 0 amide bonds. The smallest absolute Gasteiger partial charge is 0.126 e. The molecule has 0 aliphatic heterocycles. The summed E-state index contributed by atoms with van der Waals surface area (Å²) in [7, 11) is 2.24. The molecule has 23 heavy (non-hydrogen) atoms. The maximum atomic E-state index is 12.3. The van der Waals surface area contributed by atoms with Crippen LogP contribution in [0.1, 0.15) is 56.6 Å². The third-order valence-corrected chi connectivity index (χ3v) is 4.97. The van der Waals surface area contributed by atoms with E-state index in [1.165, 1.54) is 25.7 Å². The molecule has 0 fully saturated rings. The largest absolute Gasteiger partial charge is 0.496 e. The van der Waals surface area contributed by atoms with Gasteiger partial charge in [-0.15, -0.1) is 11.1 Å². The summed E-state index contributed by atoms with van der Waals surface area (Å²) < 4.78 is 23.0. The quantitative estimate of drug-likeness (QED) is 0.330. The summed E-state index contributed by atoms with van der Waals surface area (Å²) in [5.41, 5.74) is 1.67. The molecular formula is C19H29O3S-. The summed E-state index contributed by atoms with van der Waals surface area (Å²) in [4.78, 5) is 0. The van der Waals surface area contributed by atoms with E-state index in [-0.39, 0.29) is 0 Å². The Hall–Kier alpha value is -1.42. The molecule has 0 aliphatic rings. The molecule has 0 atom stereocenters. The lowest BCUT2D eigenvalue weighted by Crippen LogP contribution is -1.98. The molecule has 3 nitrogen and oxygen atoms in total. The van der Waals surface area contributed by atoms with E-state index in [1.54, 1.807) is 25.7 Å². The van der Waals surface area contributed by atoms with Crippen LogP contribution in [-0.4, -0.2) is 25.3 Å². The predicted molar refractivity (Wildman–Crippen MR) is 101 cm³/mol. The van der Waals surface area contributed by atoms with Gasteiger partial charge in [0.25, 0.3) is 0 Å². The summed E-state index contributed by atoms with van der Waals surface area (Å²) in [6.45, 7) is 5.98. The minimum Gasteiger partial charge on any atom is -0.496 e. The standard InChI is InChI=1S/C19H29O3S/c1-5-7-8-9-10-11-12-23(20)15-17-14-18(21-3)16(6-2)13-19(17)22-4/h6,13-15H,2,5,7-12H2,1,3-4H3/q-1. The Morgan fingerprint density at radius 2 is 1.57 bits per heavy atom. The summed E-state index contributed by atoms with van der Waals surface area (Å²) in [6.07, 6.45) is 8.92. The molecule has 1 aromatic rings. The number of hydrogen-bond donors (Lipinski definition) is 0. The Morgan fingerprint density at radius 3 is 2.17 bits per heavy atom. The van der Waals surface area contributed by atoms with Crippen molar-refractivity contribution in [1.29, 1.82) is 0 Å². The first kappa shape index (κ1) is 19.6. The average Bonchev–Trinajstić information content (AvgIpc) is 2.57. The van der Waals surface area contributed by atoms with Crippen LogP contribution in [0.5, 0.6) is 11.5 Å². The van der Waals surface area contributed by atoms with Crippen LogP contribution in [0.4, 0.5) is 0 Å². The number of benzene rings is 1. The first-order valence-corrected chi connectivity index (χ1v) is 9.65. The second-order valence-electron chi connectivity index (χ2n) is 5.51. The van der Waals surface area contributed by atoms with Gasteiger partial charge in [0.1, 0.15) is 11.5 Å². The number of rotatable bonds is 11. The molecule has 0 spiro atoms. The van der Waals surface area contributed by atoms with Crippen LogP contribution < -0.4 is 9.47 Å². The Morgan fingerprint density at radius 1 is 1.00 bits per heavy atom. The Labute approximate surface area is 142 Å². The van der Waals surface area contributed by atoms with Crippen LogP contribution in [-0.2, 0) is 14.6 Å². The first-order chi connectivity index (χ1) is 11.2. The van der Waals surface area contributed by atoms with Crippen molar-refractivity contribution in [3.05, 3.63) is 29.8 Å². The fourth-order valence-electron chi connectivity index (χ4n) is 2.42. The van der Waals surface area contributed by atoms with Crippen molar-refractivity contribution in [3.63, 3.8) is 0 Å². The zero-order valence-corrected chi connectivity index (χ0v) is 15.4. The van der Waals surface area contributed by atoms with Crippen molar-refractivity contribution in [2.24, 2.45) is 0 Å². The fraction of sp³-hybridized carbons (Fsp3) is 0.526. The zero-order valence-electron chi connectivity index (χ0n) is 14.6. The van der Waals surface area contributed by atoms with Gasteiger partial charge in [-0.1, -0.05) is 58.1 Å². The van der Waals surface area contributed by atoms with Crippen molar-refractivity contribution < 1.29 is 13.7 Å². The summed E-state index contributed by atoms with van der Waals surface area (Å²) in [5.74, 6) is 2.10. The van der Waals surface area contributed by atoms with E-state index in [2.05, 4.69) is 13.5 Å². The van der Waals surface area contributed by atoms with E-state index in [0.717, 1.165) is 24.0 Å². The van der Waals surface area contributed by atoms with Crippen LogP contribution in [0.2, 0.25) is 0 Å². The summed E-state index contributed by atoms with van der Waals surface area (Å²) in [5, 5.41) is 1.76. The molecule has 0 aromatic heterocycles. The van der Waals surface area contributed by atoms with Crippen LogP contribution in [0.15, 0.2) is 18.7 Å². The van der Waals surface area contributed by atoms with Crippen LogP contribution in [0.3, 0.4) is 0 Å². The van der Waals surface area contributed by atoms with E-state index in [4.69, 9.17) is 9.47 Å². The van der Waals surface area contributed by atoms with Crippen molar-refractivity contribution in [2.75, 3.05) is 20.0 Å². The van der Waals surface area contributed by atoms with E-state index >= 15 is 0 Å². The second-order valence-corrected chi connectivity index (χ2v) is 6.92. The monoisotopic (exact) mass is 337 g/mol. The Kier molecular flexibility index (Phi) is 9.53. The van der Waals surface area contributed by atoms with E-state index in [9.17, 15) is 4.21 Å². The van der Waals surface area contributed by atoms with Gasteiger partial charge < -0.3 is 13.7 Å². The number of unbranched alkanes of at least 4 members (excludes halogenated alkanes) is 5. The maximum Gasteiger partial charge on any atom is 0.126 e. The molecule has 0 saturated carbocycles. The van der Waals surface area contributed by atoms with Crippen molar-refractivity contribution >= 4 is 21.8 Å². The minimum atomic E-state index is -0.995. The molecule has 0 heterocycles.